The molecule has 0 saturated carbocycles. The number of thioether (sulfide) groups is 1. The molecule has 0 spiro atoms. The number of rotatable bonds is 7. The van der Waals surface area contributed by atoms with Gasteiger partial charge < -0.3 is 19.1 Å². The van der Waals surface area contributed by atoms with Crippen LogP contribution >= 0.6 is 11.8 Å². The van der Waals surface area contributed by atoms with Gasteiger partial charge in [0.25, 0.3) is 5.91 Å². The highest BCUT2D eigenvalue weighted by Gasteiger charge is 2.32. The summed E-state index contributed by atoms with van der Waals surface area (Å²) >= 11 is 1.47. The normalized spacial score (nSPS) is 15.8. The molecule has 1 heterocycles. The van der Waals surface area contributed by atoms with Crippen molar-refractivity contribution in [3.8, 4) is 11.5 Å². The summed E-state index contributed by atoms with van der Waals surface area (Å²) in [6.07, 6.45) is 3.59. The second-order valence-corrected chi connectivity index (χ2v) is 7.48. The van der Waals surface area contributed by atoms with Crippen LogP contribution in [0.2, 0.25) is 0 Å². The number of hydrogen-bond donors (Lipinski definition) is 0. The molecule has 7 heteroatoms. The van der Waals surface area contributed by atoms with Crippen molar-refractivity contribution < 1.29 is 23.8 Å². The number of likely N-dealkylation sites (tertiary alicyclic amines) is 1. The molecule has 2 aromatic carbocycles. The monoisotopic (exact) mass is 415 g/mol. The van der Waals surface area contributed by atoms with Gasteiger partial charge >= 0.3 is 5.97 Å². The van der Waals surface area contributed by atoms with Gasteiger partial charge in [-0.1, -0.05) is 12.1 Å². The van der Waals surface area contributed by atoms with Gasteiger partial charge in [-0.15, -0.1) is 11.8 Å². The maximum Gasteiger partial charge on any atom is 0.339 e. The second kappa shape index (κ2) is 9.69. The molecule has 1 saturated heterocycles. The number of ether oxygens (including phenoxy) is 3. The molecule has 1 fully saturated rings. The summed E-state index contributed by atoms with van der Waals surface area (Å²) in [5, 5.41) is 0. The third kappa shape index (κ3) is 4.67. The highest BCUT2D eigenvalue weighted by atomic mass is 32.2. The van der Waals surface area contributed by atoms with Crippen LogP contribution in [0.3, 0.4) is 0 Å². The van der Waals surface area contributed by atoms with Crippen molar-refractivity contribution in [3.05, 3.63) is 53.6 Å². The van der Waals surface area contributed by atoms with E-state index in [0.29, 0.717) is 23.6 Å². The lowest BCUT2D eigenvalue weighted by atomic mass is 10.0. The van der Waals surface area contributed by atoms with Crippen LogP contribution in [0.25, 0.3) is 0 Å². The largest absolute Gasteiger partial charge is 0.497 e. The lowest BCUT2D eigenvalue weighted by molar-refractivity contribution is -0.135. The number of benzene rings is 2. The third-order valence-corrected chi connectivity index (χ3v) is 5.82. The standard InChI is InChI=1S/C22H25NO5S/c1-26-15-10-11-19(27-2)17(13-15)18-8-6-12-23(18)21(24)14-28-22(25)16-7-4-5-9-20(16)29-3/h4-5,7,9-11,13,18H,6,8,12,14H2,1-3H3/t18-/m0/s1. The number of carbonyl (C=O) groups excluding carboxylic acids is 2. The molecule has 1 aliphatic rings. The van der Waals surface area contributed by atoms with Gasteiger partial charge in [-0.2, -0.15) is 0 Å². The van der Waals surface area contributed by atoms with Gasteiger partial charge in [-0.05, 0) is 49.4 Å². The summed E-state index contributed by atoms with van der Waals surface area (Å²) in [5.41, 5.74) is 1.37. The molecule has 1 amide bonds. The Hall–Kier alpha value is -2.67. The Balaban J connectivity index is 1.71. The number of nitrogens with zero attached hydrogens (tertiary/aromatic N) is 1. The number of hydrogen-bond acceptors (Lipinski definition) is 6. The highest BCUT2D eigenvalue weighted by molar-refractivity contribution is 7.98. The number of carbonyl (C=O) groups is 2. The molecule has 0 bridgehead atoms. The molecule has 29 heavy (non-hydrogen) atoms. The van der Waals surface area contributed by atoms with Gasteiger partial charge in [-0.3, -0.25) is 4.79 Å². The molecule has 0 unspecified atom stereocenters. The van der Waals surface area contributed by atoms with Crippen molar-refractivity contribution >= 4 is 23.6 Å². The van der Waals surface area contributed by atoms with Gasteiger partial charge in [0, 0.05) is 17.0 Å². The lowest BCUT2D eigenvalue weighted by Crippen LogP contribution is -2.34. The maximum absolute atomic E-state index is 12.8. The van der Waals surface area contributed by atoms with Crippen LogP contribution in [-0.4, -0.2) is 50.4 Å². The molecule has 2 aromatic rings. The molecule has 0 aromatic heterocycles. The molecule has 6 nitrogen and oxygen atoms in total. The first-order chi connectivity index (χ1) is 14.1. The minimum Gasteiger partial charge on any atom is -0.497 e. The summed E-state index contributed by atoms with van der Waals surface area (Å²) in [5.74, 6) is 0.715. The van der Waals surface area contributed by atoms with E-state index in [9.17, 15) is 9.59 Å². The zero-order valence-electron chi connectivity index (χ0n) is 16.8. The third-order valence-electron chi connectivity index (χ3n) is 5.02. The predicted molar refractivity (Wildman–Crippen MR) is 112 cm³/mol. The predicted octanol–water partition coefficient (Wildman–Crippen LogP) is 3.95. The fraction of sp³-hybridized carbons (Fsp3) is 0.364. The highest BCUT2D eigenvalue weighted by Crippen LogP contribution is 2.39. The van der Waals surface area contributed by atoms with Crippen molar-refractivity contribution in [2.75, 3.05) is 33.6 Å². The van der Waals surface area contributed by atoms with Crippen molar-refractivity contribution in [1.29, 1.82) is 0 Å². The van der Waals surface area contributed by atoms with Gasteiger partial charge in [0.15, 0.2) is 6.61 Å². The second-order valence-electron chi connectivity index (χ2n) is 6.63. The summed E-state index contributed by atoms with van der Waals surface area (Å²) < 4.78 is 16.1. The smallest absolute Gasteiger partial charge is 0.339 e. The molecule has 1 aliphatic heterocycles. The van der Waals surface area contributed by atoms with Crippen LogP contribution in [0, 0.1) is 0 Å². The molecular weight excluding hydrogens is 390 g/mol. The molecule has 154 valence electrons. The van der Waals surface area contributed by atoms with Crippen LogP contribution in [0.5, 0.6) is 11.5 Å². The van der Waals surface area contributed by atoms with E-state index in [1.807, 2.05) is 36.6 Å². The SMILES string of the molecule is COc1ccc(OC)c([C@@H]2CCCN2C(=O)COC(=O)c2ccccc2SC)c1. The minimum absolute atomic E-state index is 0.135. The summed E-state index contributed by atoms with van der Waals surface area (Å²) in [6.45, 7) is 0.327. The first kappa shape index (κ1) is 21.0. The quantitative estimate of drug-likeness (QED) is 0.504. The zero-order chi connectivity index (χ0) is 20.8. The van der Waals surface area contributed by atoms with Gasteiger partial charge in [-0.25, -0.2) is 4.79 Å². The molecule has 0 radical (unpaired) electrons. The Bertz CT molecular complexity index is 885. The molecule has 1 atom stereocenters. The Morgan fingerprint density at radius 1 is 1.14 bits per heavy atom. The fourth-order valence-electron chi connectivity index (χ4n) is 3.59. The van der Waals surface area contributed by atoms with Crippen LogP contribution < -0.4 is 9.47 Å². The van der Waals surface area contributed by atoms with Crippen molar-refractivity contribution in [3.63, 3.8) is 0 Å². The molecular formula is C22H25NO5S. The van der Waals surface area contributed by atoms with Crippen LogP contribution in [-0.2, 0) is 9.53 Å². The minimum atomic E-state index is -0.488. The summed E-state index contributed by atoms with van der Waals surface area (Å²) in [7, 11) is 3.21. The Morgan fingerprint density at radius 3 is 2.66 bits per heavy atom. The number of amides is 1. The van der Waals surface area contributed by atoms with Crippen LogP contribution in [0.1, 0.15) is 34.8 Å². The topological polar surface area (TPSA) is 65.1 Å². The Labute approximate surface area is 175 Å². The Kier molecular flexibility index (Phi) is 7.04. The molecule has 3 rings (SSSR count). The van der Waals surface area contributed by atoms with Crippen molar-refractivity contribution in [2.24, 2.45) is 0 Å². The average Bonchev–Trinajstić information content (AvgIpc) is 3.26. The summed E-state index contributed by atoms with van der Waals surface area (Å²) in [6, 6.07) is 12.6. The van der Waals surface area contributed by atoms with E-state index in [4.69, 9.17) is 14.2 Å². The zero-order valence-corrected chi connectivity index (χ0v) is 17.7. The van der Waals surface area contributed by atoms with E-state index in [2.05, 4.69) is 0 Å². The lowest BCUT2D eigenvalue weighted by Gasteiger charge is -2.26. The van der Waals surface area contributed by atoms with Crippen molar-refractivity contribution in [1.82, 2.24) is 4.90 Å². The van der Waals surface area contributed by atoms with E-state index >= 15 is 0 Å². The molecule has 0 N–H and O–H groups in total. The number of esters is 1. The first-order valence-corrected chi connectivity index (χ1v) is 10.6. The van der Waals surface area contributed by atoms with Gasteiger partial charge in [0.2, 0.25) is 0 Å². The molecule has 0 aliphatic carbocycles. The van der Waals surface area contributed by atoms with E-state index in [1.165, 1.54) is 11.8 Å². The van der Waals surface area contributed by atoms with E-state index in [0.717, 1.165) is 23.3 Å². The van der Waals surface area contributed by atoms with Crippen LogP contribution in [0.4, 0.5) is 0 Å². The summed E-state index contributed by atoms with van der Waals surface area (Å²) in [4.78, 5) is 27.9. The maximum atomic E-state index is 12.8. The van der Waals surface area contributed by atoms with Gasteiger partial charge in [0.1, 0.15) is 11.5 Å². The van der Waals surface area contributed by atoms with E-state index in [1.54, 1.807) is 31.3 Å². The van der Waals surface area contributed by atoms with E-state index < -0.39 is 5.97 Å². The number of methoxy groups -OCH3 is 2. The fourth-order valence-corrected chi connectivity index (χ4v) is 4.18. The van der Waals surface area contributed by atoms with E-state index in [-0.39, 0.29) is 18.6 Å². The van der Waals surface area contributed by atoms with Crippen LogP contribution in [0.15, 0.2) is 47.4 Å². The first-order valence-electron chi connectivity index (χ1n) is 9.40. The van der Waals surface area contributed by atoms with Crippen molar-refractivity contribution in [2.45, 2.75) is 23.8 Å². The Morgan fingerprint density at radius 2 is 1.93 bits per heavy atom. The van der Waals surface area contributed by atoms with Gasteiger partial charge in [0.05, 0.1) is 25.8 Å². The average molecular weight is 416 g/mol.